The van der Waals surface area contributed by atoms with Crippen molar-refractivity contribution in [2.75, 3.05) is 5.73 Å². The molecular formula is C14H11IN2O. The topological polar surface area (TPSA) is 52.0 Å². The monoisotopic (exact) mass is 350 g/mol. The summed E-state index contributed by atoms with van der Waals surface area (Å²) in [5, 5.41) is 0. The number of halogens is 1. The first kappa shape index (κ1) is 11.5. The normalized spacial score (nSPS) is 11.0. The van der Waals surface area contributed by atoms with E-state index in [4.69, 9.17) is 10.2 Å². The molecule has 90 valence electrons. The van der Waals surface area contributed by atoms with Crippen LogP contribution in [0.5, 0.6) is 0 Å². The fourth-order valence-corrected chi connectivity index (χ4v) is 2.46. The molecule has 0 bridgehead atoms. The van der Waals surface area contributed by atoms with Gasteiger partial charge in [-0.1, -0.05) is 12.1 Å². The number of hydrogen-bond donors (Lipinski definition) is 1. The number of nitrogens with zero attached hydrogens (tertiary/aromatic N) is 1. The molecule has 3 nitrogen and oxygen atoms in total. The standard InChI is InChI=1S/C14H11IN2O/c1-8-3-2-4-10(13(8)15)14-17-11-6-5-9(16)7-12(11)18-14/h2-7H,16H2,1H3. The smallest absolute Gasteiger partial charge is 0.228 e. The number of nitrogens with two attached hydrogens (primary N) is 1. The average molecular weight is 350 g/mol. The van der Waals surface area contributed by atoms with Crippen LogP contribution in [-0.4, -0.2) is 4.98 Å². The van der Waals surface area contributed by atoms with Gasteiger partial charge in [-0.3, -0.25) is 0 Å². The van der Waals surface area contributed by atoms with Crippen molar-refractivity contribution in [2.45, 2.75) is 6.92 Å². The van der Waals surface area contributed by atoms with Gasteiger partial charge in [-0.2, -0.15) is 0 Å². The van der Waals surface area contributed by atoms with E-state index in [-0.39, 0.29) is 0 Å². The number of hydrogen-bond acceptors (Lipinski definition) is 3. The van der Waals surface area contributed by atoms with Gasteiger partial charge in [-0.15, -0.1) is 0 Å². The molecule has 0 saturated carbocycles. The second-order valence-electron chi connectivity index (χ2n) is 4.18. The second kappa shape index (κ2) is 4.28. The highest BCUT2D eigenvalue weighted by Crippen LogP contribution is 2.30. The summed E-state index contributed by atoms with van der Waals surface area (Å²) in [5.41, 5.74) is 10.2. The van der Waals surface area contributed by atoms with Crippen LogP contribution in [0.15, 0.2) is 40.8 Å². The summed E-state index contributed by atoms with van der Waals surface area (Å²) in [4.78, 5) is 4.50. The van der Waals surface area contributed by atoms with Crippen LogP contribution in [-0.2, 0) is 0 Å². The minimum Gasteiger partial charge on any atom is -0.436 e. The van der Waals surface area contributed by atoms with Crippen molar-refractivity contribution >= 4 is 39.4 Å². The van der Waals surface area contributed by atoms with Gasteiger partial charge in [0.1, 0.15) is 5.52 Å². The van der Waals surface area contributed by atoms with E-state index in [0.29, 0.717) is 11.6 Å². The molecule has 0 spiro atoms. The molecule has 0 aliphatic heterocycles. The summed E-state index contributed by atoms with van der Waals surface area (Å²) < 4.78 is 6.94. The molecule has 0 atom stereocenters. The molecule has 3 rings (SSSR count). The zero-order valence-electron chi connectivity index (χ0n) is 9.77. The Bertz CT molecular complexity index is 734. The predicted octanol–water partition coefficient (Wildman–Crippen LogP) is 3.99. The Kier molecular flexibility index (Phi) is 2.74. The summed E-state index contributed by atoms with van der Waals surface area (Å²) in [5.74, 6) is 0.642. The summed E-state index contributed by atoms with van der Waals surface area (Å²) in [6, 6.07) is 11.6. The maximum Gasteiger partial charge on any atom is 0.228 e. The largest absolute Gasteiger partial charge is 0.436 e. The van der Waals surface area contributed by atoms with Crippen molar-refractivity contribution in [3.05, 3.63) is 45.5 Å². The molecule has 1 heterocycles. The van der Waals surface area contributed by atoms with Crippen molar-refractivity contribution < 1.29 is 4.42 Å². The number of anilines is 1. The number of fused-ring (bicyclic) bond motifs is 1. The van der Waals surface area contributed by atoms with Crippen molar-refractivity contribution in [1.82, 2.24) is 4.98 Å². The van der Waals surface area contributed by atoms with Gasteiger partial charge in [0.15, 0.2) is 5.58 Å². The van der Waals surface area contributed by atoms with Crippen LogP contribution in [0.2, 0.25) is 0 Å². The van der Waals surface area contributed by atoms with Gasteiger partial charge in [0, 0.05) is 15.3 Å². The Hall–Kier alpha value is -1.56. The number of aromatic nitrogens is 1. The Morgan fingerprint density at radius 3 is 2.89 bits per heavy atom. The van der Waals surface area contributed by atoms with Crippen LogP contribution in [0.3, 0.4) is 0 Å². The second-order valence-corrected chi connectivity index (χ2v) is 5.26. The molecule has 0 saturated heterocycles. The Labute approximate surface area is 118 Å². The van der Waals surface area contributed by atoms with E-state index in [1.807, 2.05) is 24.3 Å². The molecule has 3 aromatic rings. The van der Waals surface area contributed by atoms with Crippen LogP contribution >= 0.6 is 22.6 Å². The molecule has 0 aliphatic rings. The number of aryl methyl sites for hydroxylation is 1. The molecule has 0 aliphatic carbocycles. The van der Waals surface area contributed by atoms with Crippen LogP contribution in [0, 0.1) is 10.5 Å². The summed E-state index contributed by atoms with van der Waals surface area (Å²) in [6.45, 7) is 2.08. The van der Waals surface area contributed by atoms with Crippen molar-refractivity contribution in [3.8, 4) is 11.5 Å². The third-order valence-corrected chi connectivity index (χ3v) is 4.27. The van der Waals surface area contributed by atoms with E-state index in [1.54, 1.807) is 6.07 Å². The lowest BCUT2D eigenvalue weighted by Crippen LogP contribution is -1.86. The maximum absolute atomic E-state index is 5.77. The molecule has 2 aromatic carbocycles. The molecule has 1 aromatic heterocycles. The van der Waals surface area contributed by atoms with Crippen molar-refractivity contribution in [2.24, 2.45) is 0 Å². The fourth-order valence-electron chi connectivity index (χ4n) is 1.87. The lowest BCUT2D eigenvalue weighted by Gasteiger charge is -2.02. The molecule has 2 N–H and O–H groups in total. The zero-order valence-corrected chi connectivity index (χ0v) is 11.9. The lowest BCUT2D eigenvalue weighted by molar-refractivity contribution is 0.619. The van der Waals surface area contributed by atoms with E-state index in [1.165, 1.54) is 5.56 Å². The molecule has 0 unspecified atom stereocenters. The molecular weight excluding hydrogens is 339 g/mol. The van der Waals surface area contributed by atoms with Crippen LogP contribution in [0.25, 0.3) is 22.6 Å². The average Bonchev–Trinajstić information content (AvgIpc) is 2.75. The number of oxazole rings is 1. The SMILES string of the molecule is Cc1cccc(-c2nc3ccc(N)cc3o2)c1I. The minimum atomic E-state index is 0.642. The highest BCUT2D eigenvalue weighted by molar-refractivity contribution is 14.1. The van der Waals surface area contributed by atoms with Gasteiger partial charge in [0.2, 0.25) is 5.89 Å². The molecule has 18 heavy (non-hydrogen) atoms. The first-order valence-electron chi connectivity index (χ1n) is 5.57. The van der Waals surface area contributed by atoms with E-state index in [9.17, 15) is 0 Å². The quantitative estimate of drug-likeness (QED) is 0.533. The lowest BCUT2D eigenvalue weighted by atomic mass is 10.1. The first-order valence-corrected chi connectivity index (χ1v) is 6.64. The Balaban J connectivity index is 2.22. The van der Waals surface area contributed by atoms with Gasteiger partial charge >= 0.3 is 0 Å². The van der Waals surface area contributed by atoms with Crippen molar-refractivity contribution in [3.63, 3.8) is 0 Å². The van der Waals surface area contributed by atoms with Gasteiger partial charge in [-0.25, -0.2) is 4.98 Å². The number of rotatable bonds is 1. The number of benzene rings is 2. The Morgan fingerprint density at radius 2 is 2.06 bits per heavy atom. The highest BCUT2D eigenvalue weighted by atomic mass is 127. The summed E-state index contributed by atoms with van der Waals surface area (Å²) in [6.07, 6.45) is 0. The van der Waals surface area contributed by atoms with E-state index < -0.39 is 0 Å². The van der Waals surface area contributed by atoms with E-state index in [0.717, 1.165) is 20.2 Å². The van der Waals surface area contributed by atoms with Gasteiger partial charge in [-0.05, 0) is 53.3 Å². The highest BCUT2D eigenvalue weighted by Gasteiger charge is 2.12. The van der Waals surface area contributed by atoms with E-state index >= 15 is 0 Å². The van der Waals surface area contributed by atoms with Gasteiger partial charge in [0.25, 0.3) is 0 Å². The number of nitrogen functional groups attached to an aromatic ring is 1. The molecule has 4 heteroatoms. The van der Waals surface area contributed by atoms with Crippen molar-refractivity contribution in [1.29, 1.82) is 0 Å². The molecule has 0 amide bonds. The maximum atomic E-state index is 5.77. The fraction of sp³-hybridized carbons (Fsp3) is 0.0714. The van der Waals surface area contributed by atoms with Crippen LogP contribution in [0.4, 0.5) is 5.69 Å². The molecule has 0 fully saturated rings. The third kappa shape index (κ3) is 1.86. The van der Waals surface area contributed by atoms with Gasteiger partial charge in [0.05, 0.1) is 5.56 Å². The van der Waals surface area contributed by atoms with Gasteiger partial charge < -0.3 is 10.2 Å². The Morgan fingerprint density at radius 1 is 1.22 bits per heavy atom. The zero-order chi connectivity index (χ0) is 12.7. The summed E-state index contributed by atoms with van der Waals surface area (Å²) >= 11 is 2.32. The van der Waals surface area contributed by atoms with Crippen LogP contribution < -0.4 is 5.73 Å². The predicted molar refractivity (Wildman–Crippen MR) is 81.3 cm³/mol. The molecule has 0 radical (unpaired) electrons. The minimum absolute atomic E-state index is 0.642. The first-order chi connectivity index (χ1) is 8.65. The third-order valence-electron chi connectivity index (χ3n) is 2.83. The van der Waals surface area contributed by atoms with E-state index in [2.05, 4.69) is 40.6 Å². The van der Waals surface area contributed by atoms with Crippen LogP contribution in [0.1, 0.15) is 5.56 Å². The summed E-state index contributed by atoms with van der Waals surface area (Å²) in [7, 11) is 0.